The molecule has 0 fully saturated rings. The average molecular weight is 504 g/mol. The van der Waals surface area contributed by atoms with Gasteiger partial charge in [-0.15, -0.1) is 5.10 Å². The predicted molar refractivity (Wildman–Crippen MR) is 128 cm³/mol. The van der Waals surface area contributed by atoms with E-state index in [2.05, 4.69) is 51.0 Å². The van der Waals surface area contributed by atoms with Crippen molar-refractivity contribution in [2.24, 2.45) is 20.4 Å². The van der Waals surface area contributed by atoms with Gasteiger partial charge in [-0.05, 0) is 24.7 Å². The first-order valence-electron chi connectivity index (χ1n) is 7.75. The Morgan fingerprint density at radius 3 is 2.46 bits per heavy atom. The Kier molecular flexibility index (Phi) is 15.4. The molecule has 0 bridgehead atoms. The molecule has 2 N–H and O–H groups in total. The van der Waals surface area contributed by atoms with E-state index in [4.69, 9.17) is 0 Å². The fourth-order valence-corrected chi connectivity index (χ4v) is 2.62. The number of carbonyl (C=O) groups is 1. The number of amidine groups is 1. The van der Waals surface area contributed by atoms with Gasteiger partial charge in [-0.3, -0.25) is 0 Å². The first-order valence-corrected chi connectivity index (χ1v) is 11.4. The summed E-state index contributed by atoms with van der Waals surface area (Å²) in [6.45, 7) is 0. The molecular formula is C16H23N5NiO2S4+2. The standard InChI is InChI=1S/C16H21N5O2S4.Ni/c1-26-9-8-12(14(22)23)18-15(24)20-19-13(10-17-21-16(25)27-2)11-6-4-3-5-7-11;/h3-7,10,12H,8-9H2,1-2H3,(H,21,25)(H,22,23)(H2,18,20,24);/p+2/b17-10+,19-13-;. The molecule has 0 spiro atoms. The minimum Gasteiger partial charge on any atom is -0.480 e. The smallest absolute Gasteiger partial charge is 0.333 e. The van der Waals surface area contributed by atoms with Crippen molar-refractivity contribution < 1.29 is 26.4 Å². The van der Waals surface area contributed by atoms with Crippen molar-refractivity contribution in [1.82, 2.24) is 5.32 Å². The molecule has 28 heavy (non-hydrogen) atoms. The van der Waals surface area contributed by atoms with Crippen molar-refractivity contribution in [3.63, 3.8) is 0 Å². The number of benzene rings is 1. The van der Waals surface area contributed by atoms with Crippen LogP contribution < -0.4 is 5.32 Å². The van der Waals surface area contributed by atoms with E-state index in [0.717, 1.165) is 11.3 Å². The second-order valence-electron chi connectivity index (χ2n) is 4.97. The second-order valence-corrected chi connectivity index (χ2v) is 8.06. The predicted octanol–water partition coefficient (Wildman–Crippen LogP) is 1.27. The van der Waals surface area contributed by atoms with Crippen molar-refractivity contribution in [3.8, 4) is 0 Å². The van der Waals surface area contributed by atoms with Gasteiger partial charge in [0, 0.05) is 47.3 Å². The minimum absolute atomic E-state index is 0. The molecule has 1 aromatic rings. The van der Waals surface area contributed by atoms with Crippen LogP contribution in [0.2, 0.25) is 0 Å². The fraction of sp³-hybridized carbons (Fsp3) is 0.312. The summed E-state index contributed by atoms with van der Waals surface area (Å²) in [5.41, 5.74) is 1.28. The van der Waals surface area contributed by atoms with Gasteiger partial charge >= 0.3 is 11.1 Å². The molecule has 1 aromatic carbocycles. The van der Waals surface area contributed by atoms with E-state index >= 15 is 0 Å². The zero-order chi connectivity index (χ0) is 20.1. The van der Waals surface area contributed by atoms with Gasteiger partial charge in [-0.2, -0.15) is 16.9 Å². The van der Waals surface area contributed by atoms with Crippen LogP contribution in [0.4, 0.5) is 0 Å². The quantitative estimate of drug-likeness (QED) is 0.174. The van der Waals surface area contributed by atoms with Crippen LogP contribution in [0.15, 0.2) is 50.7 Å². The van der Waals surface area contributed by atoms with Crippen LogP contribution in [-0.2, 0) is 46.5 Å². The molecule has 0 saturated carbocycles. The molecule has 0 aliphatic carbocycles. The van der Waals surface area contributed by atoms with Gasteiger partial charge in [0.25, 0.3) is 4.38 Å². The summed E-state index contributed by atoms with van der Waals surface area (Å²) in [7, 11) is 0. The summed E-state index contributed by atoms with van der Waals surface area (Å²) in [6, 6.07) is 8.63. The number of carboxylic acid groups (broad SMARTS) is 1. The maximum absolute atomic E-state index is 11.3. The van der Waals surface area contributed by atoms with E-state index in [0.29, 0.717) is 16.5 Å². The van der Waals surface area contributed by atoms with Crippen molar-refractivity contribution in [1.29, 1.82) is 0 Å². The van der Waals surface area contributed by atoms with E-state index in [1.165, 1.54) is 18.0 Å². The molecule has 0 amide bonds. The van der Waals surface area contributed by atoms with Crippen LogP contribution in [-0.4, -0.2) is 56.9 Å². The number of hydrogen-bond acceptors (Lipinski definition) is 7. The van der Waals surface area contributed by atoms with Crippen LogP contribution in [0.3, 0.4) is 0 Å². The Bertz CT molecular complexity index is 729. The number of nitrogens with one attached hydrogen (secondary N) is 1. The first-order chi connectivity index (χ1) is 13.0. The number of aliphatic carboxylic acids is 1. The van der Waals surface area contributed by atoms with Crippen LogP contribution in [0.5, 0.6) is 0 Å². The SMILES string of the molecule is CSCCC(N/C([SH2+])=N/N=C(/C=N/N=C(\[SH2+])SC)c1ccccc1)C(=O)O.[Ni]. The van der Waals surface area contributed by atoms with Gasteiger partial charge in [0.2, 0.25) is 0 Å². The second kappa shape index (κ2) is 15.9. The molecule has 0 heterocycles. The number of hydrogen-bond donors (Lipinski definition) is 2. The Hall–Kier alpha value is -0.936. The molecule has 7 nitrogen and oxygen atoms in total. The van der Waals surface area contributed by atoms with Gasteiger partial charge in [0.1, 0.15) is 11.8 Å². The molecule has 12 heteroatoms. The zero-order valence-electron chi connectivity index (χ0n) is 15.2. The summed E-state index contributed by atoms with van der Waals surface area (Å²) >= 11 is 9.59. The fourth-order valence-electron chi connectivity index (χ4n) is 1.73. The average Bonchev–Trinajstić information content (AvgIpc) is 2.67. The van der Waals surface area contributed by atoms with Crippen molar-refractivity contribution >= 4 is 76.2 Å². The van der Waals surface area contributed by atoms with Crippen LogP contribution in [0, 0.1) is 0 Å². The summed E-state index contributed by atoms with van der Waals surface area (Å²) in [5, 5.41) is 28.4. The molecule has 156 valence electrons. The number of carboxylic acids is 1. The molecule has 0 aromatic heterocycles. The van der Waals surface area contributed by atoms with E-state index in [1.807, 2.05) is 42.8 Å². The number of thioether (sulfide) groups is 2. The normalized spacial score (nSPS) is 13.9. The van der Waals surface area contributed by atoms with Gasteiger partial charge in [-0.25, -0.2) is 4.79 Å². The maximum atomic E-state index is 11.3. The van der Waals surface area contributed by atoms with E-state index in [1.54, 1.807) is 11.8 Å². The topological polar surface area (TPSA) is 98.8 Å². The largest absolute Gasteiger partial charge is 0.480 e. The van der Waals surface area contributed by atoms with Crippen LogP contribution in [0.25, 0.3) is 0 Å². The van der Waals surface area contributed by atoms with Crippen LogP contribution in [0.1, 0.15) is 12.0 Å². The van der Waals surface area contributed by atoms with E-state index in [9.17, 15) is 9.90 Å². The Morgan fingerprint density at radius 1 is 1.21 bits per heavy atom. The third-order valence-corrected chi connectivity index (χ3v) is 5.14. The molecular weight excluding hydrogens is 481 g/mol. The molecule has 1 rings (SSSR count). The van der Waals surface area contributed by atoms with Gasteiger partial charge in [0.05, 0.1) is 6.21 Å². The van der Waals surface area contributed by atoms with Crippen molar-refractivity contribution in [2.75, 3.05) is 18.3 Å². The van der Waals surface area contributed by atoms with Crippen LogP contribution >= 0.6 is 23.5 Å². The Morgan fingerprint density at radius 2 is 1.89 bits per heavy atom. The first kappa shape index (κ1) is 27.1. The molecule has 0 aliphatic rings. The molecule has 0 radical (unpaired) electrons. The van der Waals surface area contributed by atoms with Gasteiger partial charge < -0.3 is 10.4 Å². The molecule has 0 saturated heterocycles. The minimum atomic E-state index is -0.945. The number of rotatable bonds is 9. The zero-order valence-corrected chi connectivity index (χ0v) is 19.9. The third-order valence-electron chi connectivity index (χ3n) is 3.07. The Balaban J connectivity index is 0.00000729. The summed E-state index contributed by atoms with van der Waals surface area (Å²) in [6.07, 6.45) is 5.75. The summed E-state index contributed by atoms with van der Waals surface area (Å²) in [5.74, 6) is -0.226. The molecule has 1 unspecified atom stereocenters. The van der Waals surface area contributed by atoms with E-state index < -0.39 is 12.0 Å². The van der Waals surface area contributed by atoms with E-state index in [-0.39, 0.29) is 21.7 Å². The van der Waals surface area contributed by atoms with Crippen molar-refractivity contribution in [3.05, 3.63) is 35.9 Å². The Labute approximate surface area is 194 Å². The summed E-state index contributed by atoms with van der Waals surface area (Å²) < 4.78 is 0.628. The molecule has 0 aliphatic heterocycles. The van der Waals surface area contributed by atoms with Gasteiger partial charge in [-0.1, -0.05) is 52.3 Å². The number of nitrogens with zero attached hydrogens (tertiary/aromatic N) is 4. The third kappa shape index (κ3) is 11.2. The monoisotopic (exact) mass is 503 g/mol. The molecule has 1 atom stereocenters. The van der Waals surface area contributed by atoms with Gasteiger partial charge in [0.15, 0.2) is 0 Å². The summed E-state index contributed by atoms with van der Waals surface area (Å²) in [4.78, 5) is 11.3. The maximum Gasteiger partial charge on any atom is 0.333 e. The van der Waals surface area contributed by atoms with Crippen molar-refractivity contribution in [2.45, 2.75) is 12.5 Å².